The molecule has 0 unspecified atom stereocenters. The van der Waals surface area contributed by atoms with Crippen LogP contribution in [0, 0.1) is 5.92 Å². The summed E-state index contributed by atoms with van der Waals surface area (Å²) in [6.45, 7) is 15.4. The number of piperazine rings is 1. The summed E-state index contributed by atoms with van der Waals surface area (Å²) in [5.74, 6) is 1.78. The normalized spacial score (nSPS) is 16.2. The molecule has 0 radical (unpaired) electrons. The highest BCUT2D eigenvalue weighted by atomic mass is 127. The van der Waals surface area contributed by atoms with Crippen molar-refractivity contribution in [1.29, 1.82) is 0 Å². The van der Waals surface area contributed by atoms with Gasteiger partial charge in [0.05, 0.1) is 0 Å². The molecule has 1 amide bonds. The molecular weight excluding hydrogens is 405 g/mol. The van der Waals surface area contributed by atoms with Crippen molar-refractivity contribution in [2.24, 2.45) is 10.9 Å². The summed E-state index contributed by atoms with van der Waals surface area (Å²) in [7, 11) is 0. The number of carbonyl (C=O) groups is 1. The van der Waals surface area contributed by atoms with Crippen LogP contribution in [0.3, 0.4) is 0 Å². The van der Waals surface area contributed by atoms with E-state index in [1.165, 1.54) is 0 Å². The number of guanidine groups is 1. The Morgan fingerprint density at radius 3 is 2.35 bits per heavy atom. The largest absolute Gasteiger partial charge is 0.357 e. The number of carbonyl (C=O) groups excluding carboxylic acids is 1. The molecule has 0 aromatic heterocycles. The summed E-state index contributed by atoms with van der Waals surface area (Å²) >= 11 is 0. The standard InChI is InChI=1S/C16H33N5O.HI/c1-5-17-16(18-7-6-14(2)3)19-8-9-20-10-12-21(13-11-20)15(4)22;/h14H,5-13H2,1-4H3,(H2,17,18,19);1H. The van der Waals surface area contributed by atoms with Crippen LogP contribution >= 0.6 is 24.0 Å². The van der Waals surface area contributed by atoms with Crippen LogP contribution in [-0.4, -0.2) is 74.0 Å². The summed E-state index contributed by atoms with van der Waals surface area (Å²) in [5.41, 5.74) is 0. The zero-order chi connectivity index (χ0) is 16.4. The smallest absolute Gasteiger partial charge is 0.219 e. The molecule has 0 aromatic carbocycles. The summed E-state index contributed by atoms with van der Waals surface area (Å²) in [4.78, 5) is 20.2. The maximum atomic E-state index is 11.3. The van der Waals surface area contributed by atoms with E-state index < -0.39 is 0 Å². The second-order valence-corrected chi connectivity index (χ2v) is 6.22. The maximum absolute atomic E-state index is 11.3. The van der Waals surface area contributed by atoms with Gasteiger partial charge in [-0.1, -0.05) is 13.8 Å². The van der Waals surface area contributed by atoms with E-state index in [-0.39, 0.29) is 29.9 Å². The molecule has 2 N–H and O–H groups in total. The highest BCUT2D eigenvalue weighted by molar-refractivity contribution is 14.0. The molecule has 1 aliphatic heterocycles. The second kappa shape index (κ2) is 12.8. The lowest BCUT2D eigenvalue weighted by atomic mass is 10.1. The van der Waals surface area contributed by atoms with Gasteiger partial charge in [0.15, 0.2) is 5.96 Å². The fourth-order valence-electron chi connectivity index (χ4n) is 2.40. The van der Waals surface area contributed by atoms with Crippen molar-refractivity contribution in [3.8, 4) is 0 Å². The van der Waals surface area contributed by atoms with Crippen LogP contribution in [0.2, 0.25) is 0 Å². The first kappa shape index (κ1) is 22.4. The minimum absolute atomic E-state index is 0. The van der Waals surface area contributed by atoms with Crippen molar-refractivity contribution in [3.63, 3.8) is 0 Å². The molecule has 0 aromatic rings. The zero-order valence-corrected chi connectivity index (χ0v) is 17.4. The van der Waals surface area contributed by atoms with Gasteiger partial charge in [0.25, 0.3) is 0 Å². The predicted octanol–water partition coefficient (Wildman–Crippen LogP) is 1.37. The summed E-state index contributed by atoms with van der Waals surface area (Å²) < 4.78 is 0. The van der Waals surface area contributed by atoms with Crippen LogP contribution < -0.4 is 10.6 Å². The van der Waals surface area contributed by atoms with Gasteiger partial charge in [-0.25, -0.2) is 0 Å². The average Bonchev–Trinajstić information content (AvgIpc) is 2.47. The quantitative estimate of drug-likeness (QED) is 0.358. The van der Waals surface area contributed by atoms with E-state index >= 15 is 0 Å². The van der Waals surface area contributed by atoms with Crippen molar-refractivity contribution in [2.45, 2.75) is 34.1 Å². The second-order valence-electron chi connectivity index (χ2n) is 6.22. The third-order valence-electron chi connectivity index (χ3n) is 3.86. The van der Waals surface area contributed by atoms with Crippen LogP contribution in [0.4, 0.5) is 0 Å². The SMILES string of the molecule is CCNC(=NCCC(C)C)NCCN1CCN(C(C)=O)CC1.I. The van der Waals surface area contributed by atoms with E-state index in [1.807, 2.05) is 4.90 Å². The van der Waals surface area contributed by atoms with E-state index in [0.29, 0.717) is 5.92 Å². The van der Waals surface area contributed by atoms with Crippen molar-refractivity contribution < 1.29 is 4.79 Å². The molecule has 0 spiro atoms. The van der Waals surface area contributed by atoms with Crippen LogP contribution in [0.1, 0.15) is 34.1 Å². The van der Waals surface area contributed by atoms with E-state index in [9.17, 15) is 4.79 Å². The van der Waals surface area contributed by atoms with Gasteiger partial charge in [0.1, 0.15) is 0 Å². The summed E-state index contributed by atoms with van der Waals surface area (Å²) in [6.07, 6.45) is 1.11. The molecule has 0 aliphatic carbocycles. The molecule has 1 saturated heterocycles. The van der Waals surface area contributed by atoms with Gasteiger partial charge >= 0.3 is 0 Å². The molecule has 6 nitrogen and oxygen atoms in total. The monoisotopic (exact) mass is 439 g/mol. The number of nitrogens with one attached hydrogen (secondary N) is 2. The molecule has 7 heteroatoms. The lowest BCUT2D eigenvalue weighted by Crippen LogP contribution is -2.50. The van der Waals surface area contributed by atoms with Gasteiger partial charge < -0.3 is 15.5 Å². The van der Waals surface area contributed by atoms with E-state index in [1.54, 1.807) is 6.92 Å². The number of hydrogen-bond acceptors (Lipinski definition) is 3. The maximum Gasteiger partial charge on any atom is 0.219 e. The van der Waals surface area contributed by atoms with Crippen LogP contribution in [0.25, 0.3) is 0 Å². The number of aliphatic imine (C=N–C) groups is 1. The topological polar surface area (TPSA) is 60.0 Å². The Hall–Kier alpha value is -0.570. The predicted molar refractivity (Wildman–Crippen MR) is 108 cm³/mol. The molecule has 0 atom stereocenters. The number of hydrogen-bond donors (Lipinski definition) is 2. The zero-order valence-electron chi connectivity index (χ0n) is 15.1. The van der Waals surface area contributed by atoms with Crippen molar-refractivity contribution in [3.05, 3.63) is 0 Å². The third kappa shape index (κ3) is 10.0. The van der Waals surface area contributed by atoms with E-state index in [0.717, 1.165) is 64.7 Å². The number of halogens is 1. The van der Waals surface area contributed by atoms with Gasteiger partial charge in [0.2, 0.25) is 5.91 Å². The molecule has 1 aliphatic rings. The fourth-order valence-corrected chi connectivity index (χ4v) is 2.40. The first-order valence-electron chi connectivity index (χ1n) is 8.53. The van der Waals surface area contributed by atoms with Gasteiger partial charge in [-0.3, -0.25) is 14.7 Å². The van der Waals surface area contributed by atoms with Crippen molar-refractivity contribution in [1.82, 2.24) is 20.4 Å². The molecular formula is C16H34IN5O. The van der Waals surface area contributed by atoms with Gasteiger partial charge in [-0.2, -0.15) is 0 Å². The van der Waals surface area contributed by atoms with Gasteiger partial charge in [-0.15, -0.1) is 24.0 Å². The number of amides is 1. The summed E-state index contributed by atoms with van der Waals surface area (Å²) in [5, 5.41) is 6.68. The molecule has 1 rings (SSSR count). The van der Waals surface area contributed by atoms with Gasteiger partial charge in [-0.05, 0) is 19.3 Å². The fraction of sp³-hybridized carbons (Fsp3) is 0.875. The molecule has 136 valence electrons. The Bertz CT molecular complexity index is 354. The Morgan fingerprint density at radius 1 is 1.17 bits per heavy atom. The Labute approximate surface area is 158 Å². The lowest BCUT2D eigenvalue weighted by molar-refractivity contribution is -0.130. The number of nitrogens with zero attached hydrogens (tertiary/aromatic N) is 3. The van der Waals surface area contributed by atoms with E-state index in [2.05, 4.69) is 41.3 Å². The Morgan fingerprint density at radius 2 is 1.83 bits per heavy atom. The van der Waals surface area contributed by atoms with Crippen LogP contribution in [0.15, 0.2) is 4.99 Å². The van der Waals surface area contributed by atoms with Crippen LogP contribution in [-0.2, 0) is 4.79 Å². The molecule has 0 bridgehead atoms. The lowest BCUT2D eigenvalue weighted by Gasteiger charge is -2.34. The number of rotatable bonds is 7. The van der Waals surface area contributed by atoms with Crippen molar-refractivity contribution >= 4 is 35.8 Å². The minimum Gasteiger partial charge on any atom is -0.357 e. The third-order valence-corrected chi connectivity index (χ3v) is 3.86. The Balaban J connectivity index is 0.00000484. The molecule has 0 saturated carbocycles. The highest BCUT2D eigenvalue weighted by Gasteiger charge is 2.17. The summed E-state index contributed by atoms with van der Waals surface area (Å²) in [6, 6.07) is 0. The minimum atomic E-state index is 0. The van der Waals surface area contributed by atoms with Crippen molar-refractivity contribution in [2.75, 3.05) is 52.4 Å². The first-order chi connectivity index (χ1) is 10.5. The van der Waals surface area contributed by atoms with E-state index in [4.69, 9.17) is 0 Å². The van der Waals surface area contributed by atoms with Crippen LogP contribution in [0.5, 0.6) is 0 Å². The Kier molecular flexibility index (Phi) is 12.5. The first-order valence-corrected chi connectivity index (χ1v) is 8.53. The molecule has 23 heavy (non-hydrogen) atoms. The average molecular weight is 439 g/mol. The molecule has 1 heterocycles. The van der Waals surface area contributed by atoms with Gasteiger partial charge in [0, 0.05) is 59.3 Å². The molecule has 1 fully saturated rings. The highest BCUT2D eigenvalue weighted by Crippen LogP contribution is 2.01.